The van der Waals surface area contributed by atoms with E-state index in [1.807, 2.05) is 30.3 Å². The summed E-state index contributed by atoms with van der Waals surface area (Å²) in [6.07, 6.45) is 1.49. The zero-order chi connectivity index (χ0) is 23.2. The first-order valence-corrected chi connectivity index (χ1v) is 10.2. The Labute approximate surface area is 190 Å². The van der Waals surface area contributed by atoms with Gasteiger partial charge in [0.15, 0.2) is 17.2 Å². The van der Waals surface area contributed by atoms with E-state index in [4.69, 9.17) is 9.47 Å². The van der Waals surface area contributed by atoms with Crippen LogP contribution < -0.4 is 20.5 Å². The van der Waals surface area contributed by atoms with Crippen molar-refractivity contribution in [2.75, 3.05) is 14.2 Å². The fraction of sp³-hybridized carbons (Fsp3) is 0.120. The molecular formula is C25H22N4O4. The van der Waals surface area contributed by atoms with Gasteiger partial charge in [-0.1, -0.05) is 48.5 Å². The molecule has 1 heterocycles. The van der Waals surface area contributed by atoms with E-state index in [1.54, 1.807) is 56.7 Å². The molecule has 166 valence electrons. The van der Waals surface area contributed by atoms with Crippen LogP contribution in [0.1, 0.15) is 21.6 Å². The van der Waals surface area contributed by atoms with E-state index < -0.39 is 5.91 Å². The van der Waals surface area contributed by atoms with E-state index in [0.29, 0.717) is 27.8 Å². The lowest BCUT2D eigenvalue weighted by atomic mass is 10.1. The van der Waals surface area contributed by atoms with Gasteiger partial charge in [-0.05, 0) is 35.4 Å². The Morgan fingerprint density at radius 2 is 1.67 bits per heavy atom. The van der Waals surface area contributed by atoms with Gasteiger partial charge in [-0.2, -0.15) is 10.2 Å². The Morgan fingerprint density at radius 1 is 0.970 bits per heavy atom. The van der Waals surface area contributed by atoms with Gasteiger partial charge in [-0.3, -0.25) is 9.59 Å². The summed E-state index contributed by atoms with van der Waals surface area (Å²) in [5.41, 5.74) is 3.96. The number of benzene rings is 3. The van der Waals surface area contributed by atoms with Crippen molar-refractivity contribution in [3.63, 3.8) is 0 Å². The minimum atomic E-state index is -0.523. The maximum Gasteiger partial charge on any atom is 0.292 e. The van der Waals surface area contributed by atoms with E-state index in [0.717, 1.165) is 5.56 Å². The van der Waals surface area contributed by atoms with Crippen LogP contribution in [0.15, 0.2) is 82.7 Å². The molecule has 33 heavy (non-hydrogen) atoms. The Morgan fingerprint density at radius 3 is 2.39 bits per heavy atom. The quantitative estimate of drug-likeness (QED) is 0.350. The summed E-state index contributed by atoms with van der Waals surface area (Å²) in [4.78, 5) is 25.9. The fourth-order valence-corrected chi connectivity index (χ4v) is 3.42. The molecule has 4 aromatic rings. The summed E-state index contributed by atoms with van der Waals surface area (Å²) in [5, 5.41) is 9.27. The lowest BCUT2D eigenvalue weighted by molar-refractivity contribution is 0.0949. The van der Waals surface area contributed by atoms with Crippen LogP contribution >= 0.6 is 0 Å². The number of aromatic nitrogens is 2. The van der Waals surface area contributed by atoms with Gasteiger partial charge in [0.2, 0.25) is 0 Å². The Kier molecular flexibility index (Phi) is 6.45. The number of methoxy groups -OCH3 is 2. The average molecular weight is 442 g/mol. The fourth-order valence-electron chi connectivity index (χ4n) is 3.42. The molecule has 4 rings (SSSR count). The summed E-state index contributed by atoms with van der Waals surface area (Å²) in [5.74, 6) is 0.619. The predicted octanol–water partition coefficient (Wildman–Crippen LogP) is 3.23. The van der Waals surface area contributed by atoms with Crippen LogP contribution in [0.4, 0.5) is 0 Å². The van der Waals surface area contributed by atoms with Crippen molar-refractivity contribution < 1.29 is 14.3 Å². The highest BCUT2D eigenvalue weighted by Crippen LogP contribution is 2.26. The van der Waals surface area contributed by atoms with E-state index in [1.165, 1.54) is 10.9 Å². The minimum Gasteiger partial charge on any atom is -0.493 e. The van der Waals surface area contributed by atoms with Gasteiger partial charge in [0.1, 0.15) is 0 Å². The Bertz CT molecular complexity index is 1380. The summed E-state index contributed by atoms with van der Waals surface area (Å²) in [6.45, 7) is 0.250. The van der Waals surface area contributed by atoms with Crippen LogP contribution in [0.5, 0.6) is 11.5 Å². The van der Waals surface area contributed by atoms with Crippen LogP contribution in [0.2, 0.25) is 0 Å². The molecule has 0 saturated carbocycles. The van der Waals surface area contributed by atoms with Gasteiger partial charge < -0.3 is 9.47 Å². The number of fused-ring (bicyclic) bond motifs is 1. The highest BCUT2D eigenvalue weighted by molar-refractivity contribution is 6.05. The average Bonchev–Trinajstić information content (AvgIpc) is 2.86. The number of nitrogens with one attached hydrogen (secondary N) is 1. The third-order valence-electron chi connectivity index (χ3n) is 5.05. The number of hydrogen-bond donors (Lipinski definition) is 1. The highest BCUT2D eigenvalue weighted by atomic mass is 16.5. The van der Waals surface area contributed by atoms with Crippen molar-refractivity contribution in [1.29, 1.82) is 0 Å². The van der Waals surface area contributed by atoms with Gasteiger partial charge in [0, 0.05) is 5.39 Å². The van der Waals surface area contributed by atoms with Gasteiger partial charge in [0.05, 0.1) is 32.4 Å². The van der Waals surface area contributed by atoms with Crippen molar-refractivity contribution in [2.24, 2.45) is 5.10 Å². The second-order valence-corrected chi connectivity index (χ2v) is 7.16. The van der Waals surface area contributed by atoms with Crippen LogP contribution in [0.25, 0.3) is 10.8 Å². The molecule has 8 nitrogen and oxygen atoms in total. The summed E-state index contributed by atoms with van der Waals surface area (Å²) < 4.78 is 11.8. The molecule has 1 N–H and O–H groups in total. The SMILES string of the molecule is COc1ccc(C=NNC(=O)c2nn(Cc3ccccc3)c(=O)c3ccccc23)cc1OC. The van der Waals surface area contributed by atoms with Gasteiger partial charge in [-0.25, -0.2) is 10.1 Å². The van der Waals surface area contributed by atoms with Crippen molar-refractivity contribution >= 4 is 22.9 Å². The molecule has 0 atom stereocenters. The Hall–Kier alpha value is -4.46. The van der Waals surface area contributed by atoms with Gasteiger partial charge >= 0.3 is 0 Å². The van der Waals surface area contributed by atoms with Crippen LogP contribution in [-0.4, -0.2) is 36.1 Å². The highest BCUT2D eigenvalue weighted by Gasteiger charge is 2.16. The summed E-state index contributed by atoms with van der Waals surface area (Å²) >= 11 is 0. The molecule has 0 aliphatic rings. The molecule has 8 heteroatoms. The van der Waals surface area contributed by atoms with E-state index in [9.17, 15) is 9.59 Å². The van der Waals surface area contributed by atoms with E-state index in [-0.39, 0.29) is 17.8 Å². The maximum atomic E-state index is 12.9. The minimum absolute atomic E-state index is 0.116. The largest absolute Gasteiger partial charge is 0.493 e. The van der Waals surface area contributed by atoms with Crippen molar-refractivity contribution in [3.05, 3.63) is 100.0 Å². The van der Waals surface area contributed by atoms with Crippen molar-refractivity contribution in [3.8, 4) is 11.5 Å². The number of carbonyl (C=O) groups excluding carboxylic acids is 1. The number of hydrogen-bond acceptors (Lipinski definition) is 6. The standard InChI is InChI=1S/C25H22N4O4/c1-32-21-13-12-18(14-22(21)33-2)15-26-27-24(30)23-19-10-6-7-11-20(19)25(31)29(28-23)16-17-8-4-3-5-9-17/h3-15H,16H2,1-2H3,(H,27,30). The molecule has 1 aromatic heterocycles. The van der Waals surface area contributed by atoms with Crippen LogP contribution in [-0.2, 0) is 6.54 Å². The topological polar surface area (TPSA) is 94.8 Å². The molecule has 0 radical (unpaired) electrons. The van der Waals surface area contributed by atoms with Crippen molar-refractivity contribution in [2.45, 2.75) is 6.54 Å². The third-order valence-corrected chi connectivity index (χ3v) is 5.05. The molecule has 1 amide bonds. The van der Waals surface area contributed by atoms with Crippen LogP contribution in [0, 0.1) is 0 Å². The monoisotopic (exact) mass is 442 g/mol. The second kappa shape index (κ2) is 9.78. The van der Waals surface area contributed by atoms with Gasteiger partial charge in [-0.15, -0.1) is 0 Å². The first kappa shape index (κ1) is 21.8. The molecule has 0 aliphatic carbocycles. The normalized spacial score (nSPS) is 11.0. The molecule has 0 unspecified atom stereocenters. The van der Waals surface area contributed by atoms with Gasteiger partial charge in [0.25, 0.3) is 11.5 Å². The number of rotatable bonds is 7. The molecular weight excluding hydrogens is 420 g/mol. The molecule has 0 bridgehead atoms. The van der Waals surface area contributed by atoms with Crippen molar-refractivity contribution in [1.82, 2.24) is 15.2 Å². The first-order valence-electron chi connectivity index (χ1n) is 10.2. The number of carbonyl (C=O) groups is 1. The number of nitrogens with zero attached hydrogens (tertiary/aromatic N) is 3. The summed E-state index contributed by atoms with van der Waals surface area (Å²) in [6, 6.07) is 21.6. The lowest BCUT2D eigenvalue weighted by Gasteiger charge is -2.10. The second-order valence-electron chi connectivity index (χ2n) is 7.16. The number of ether oxygens (including phenoxy) is 2. The summed E-state index contributed by atoms with van der Waals surface area (Å²) in [7, 11) is 3.10. The van der Waals surface area contributed by atoms with E-state index >= 15 is 0 Å². The number of hydrazone groups is 1. The molecule has 0 saturated heterocycles. The zero-order valence-corrected chi connectivity index (χ0v) is 18.2. The molecule has 0 spiro atoms. The smallest absolute Gasteiger partial charge is 0.292 e. The van der Waals surface area contributed by atoms with Crippen LogP contribution in [0.3, 0.4) is 0 Å². The molecule has 0 aliphatic heterocycles. The third kappa shape index (κ3) is 4.74. The molecule has 0 fully saturated rings. The molecule has 3 aromatic carbocycles. The predicted molar refractivity (Wildman–Crippen MR) is 126 cm³/mol. The lowest BCUT2D eigenvalue weighted by Crippen LogP contribution is -2.29. The van der Waals surface area contributed by atoms with E-state index in [2.05, 4.69) is 15.6 Å². The first-order chi connectivity index (χ1) is 16.1. The Balaban J connectivity index is 1.63. The number of amides is 1. The zero-order valence-electron chi connectivity index (χ0n) is 18.2. The maximum absolute atomic E-state index is 12.9.